The van der Waals surface area contributed by atoms with Gasteiger partial charge in [0.2, 0.25) is 11.8 Å². The van der Waals surface area contributed by atoms with Crippen LogP contribution in [-0.2, 0) is 9.59 Å². The zero-order valence-electron chi connectivity index (χ0n) is 6.74. The Labute approximate surface area is 75.7 Å². The number of amides is 2. The molecule has 0 aliphatic carbocycles. The molecular formula is C6H11N3O2S. The number of hydrogen-bond acceptors (Lipinski definition) is 3. The molecule has 0 radical (unpaired) electrons. The summed E-state index contributed by atoms with van der Waals surface area (Å²) in [6, 6.07) is 0. The van der Waals surface area contributed by atoms with Gasteiger partial charge in [0.15, 0.2) is 0 Å². The molecule has 0 spiro atoms. The lowest BCUT2D eigenvalue weighted by atomic mass is 10.3. The summed E-state index contributed by atoms with van der Waals surface area (Å²) in [7, 11) is 1.46. The van der Waals surface area contributed by atoms with Crippen LogP contribution >= 0.6 is 12.2 Å². The van der Waals surface area contributed by atoms with E-state index in [-0.39, 0.29) is 23.9 Å². The van der Waals surface area contributed by atoms with E-state index in [1.807, 2.05) is 0 Å². The third-order valence-corrected chi connectivity index (χ3v) is 1.29. The number of nitrogens with zero attached hydrogens (tertiary/aromatic N) is 1. The lowest BCUT2D eigenvalue weighted by Crippen LogP contribution is -2.36. The van der Waals surface area contributed by atoms with Crippen LogP contribution in [0.3, 0.4) is 0 Å². The summed E-state index contributed by atoms with van der Waals surface area (Å²) in [5.74, 6) is -0.866. The molecule has 2 amide bonds. The Balaban J connectivity index is 3.93. The SMILES string of the molecule is CN(CC(N)=O)C(=O)CC(N)=S. The average molecular weight is 189 g/mol. The maximum atomic E-state index is 11.0. The summed E-state index contributed by atoms with van der Waals surface area (Å²) in [5, 5.41) is 0. The number of rotatable bonds is 4. The molecule has 0 bridgehead atoms. The minimum absolute atomic E-state index is 0.0287. The molecule has 0 aromatic heterocycles. The third kappa shape index (κ3) is 4.62. The predicted octanol–water partition coefficient (Wildman–Crippen LogP) is -1.39. The van der Waals surface area contributed by atoms with Crippen molar-refractivity contribution in [2.45, 2.75) is 6.42 Å². The monoisotopic (exact) mass is 189 g/mol. The Morgan fingerprint density at radius 2 is 1.92 bits per heavy atom. The van der Waals surface area contributed by atoms with E-state index in [1.165, 1.54) is 11.9 Å². The second-order valence-electron chi connectivity index (χ2n) is 2.36. The van der Waals surface area contributed by atoms with Gasteiger partial charge < -0.3 is 16.4 Å². The normalized spacial score (nSPS) is 9.08. The van der Waals surface area contributed by atoms with Crippen molar-refractivity contribution in [2.75, 3.05) is 13.6 Å². The van der Waals surface area contributed by atoms with Gasteiger partial charge in [0.25, 0.3) is 0 Å². The first-order valence-corrected chi connectivity index (χ1v) is 3.65. The lowest BCUT2D eigenvalue weighted by molar-refractivity contribution is -0.132. The molecule has 0 aliphatic rings. The number of carbonyl (C=O) groups excluding carboxylic acids is 2. The van der Waals surface area contributed by atoms with Gasteiger partial charge in [0.1, 0.15) is 0 Å². The highest BCUT2D eigenvalue weighted by Gasteiger charge is 2.11. The van der Waals surface area contributed by atoms with E-state index in [9.17, 15) is 9.59 Å². The molecule has 4 N–H and O–H groups in total. The Bertz CT molecular complexity index is 217. The molecule has 0 rings (SSSR count). The van der Waals surface area contributed by atoms with Gasteiger partial charge in [-0.1, -0.05) is 12.2 Å². The largest absolute Gasteiger partial charge is 0.393 e. The Morgan fingerprint density at radius 1 is 1.42 bits per heavy atom. The molecule has 12 heavy (non-hydrogen) atoms. The van der Waals surface area contributed by atoms with Crippen LogP contribution < -0.4 is 11.5 Å². The molecule has 0 aliphatic heterocycles. The number of hydrogen-bond donors (Lipinski definition) is 2. The van der Waals surface area contributed by atoms with Crippen molar-refractivity contribution in [3.63, 3.8) is 0 Å². The van der Waals surface area contributed by atoms with Crippen LogP contribution in [0.25, 0.3) is 0 Å². The highest BCUT2D eigenvalue weighted by Crippen LogP contribution is 1.89. The van der Waals surface area contributed by atoms with E-state index < -0.39 is 5.91 Å². The molecule has 0 aromatic carbocycles. The number of likely N-dealkylation sites (N-methyl/N-ethyl adjacent to an activating group) is 1. The highest BCUT2D eigenvalue weighted by atomic mass is 32.1. The molecule has 5 nitrogen and oxygen atoms in total. The van der Waals surface area contributed by atoms with Crippen LogP contribution in [0.15, 0.2) is 0 Å². The topological polar surface area (TPSA) is 89.4 Å². The predicted molar refractivity (Wildman–Crippen MR) is 48.2 cm³/mol. The van der Waals surface area contributed by atoms with E-state index in [2.05, 4.69) is 12.2 Å². The first kappa shape index (κ1) is 10.8. The summed E-state index contributed by atoms with van der Waals surface area (Å²) in [6.45, 7) is -0.110. The van der Waals surface area contributed by atoms with Gasteiger partial charge >= 0.3 is 0 Å². The molecule has 0 atom stereocenters. The number of thiocarbonyl (C=S) groups is 1. The molecule has 0 aromatic rings. The van der Waals surface area contributed by atoms with E-state index in [1.54, 1.807) is 0 Å². The van der Waals surface area contributed by atoms with Crippen molar-refractivity contribution in [1.82, 2.24) is 4.90 Å². The van der Waals surface area contributed by atoms with Crippen LogP contribution in [-0.4, -0.2) is 35.3 Å². The second kappa shape index (κ2) is 4.66. The zero-order chi connectivity index (χ0) is 9.72. The van der Waals surface area contributed by atoms with Crippen LogP contribution in [0.5, 0.6) is 0 Å². The van der Waals surface area contributed by atoms with E-state index >= 15 is 0 Å². The summed E-state index contributed by atoms with van der Waals surface area (Å²) < 4.78 is 0. The zero-order valence-corrected chi connectivity index (χ0v) is 7.56. The minimum atomic E-state index is -0.561. The smallest absolute Gasteiger partial charge is 0.237 e. The quantitative estimate of drug-likeness (QED) is 0.533. The first-order chi connectivity index (χ1) is 5.43. The van der Waals surface area contributed by atoms with Crippen LogP contribution in [0.2, 0.25) is 0 Å². The number of nitrogens with two attached hydrogens (primary N) is 2. The fraction of sp³-hybridized carbons (Fsp3) is 0.500. The molecule has 0 saturated carbocycles. The van der Waals surface area contributed by atoms with Crippen molar-refractivity contribution in [3.05, 3.63) is 0 Å². The van der Waals surface area contributed by atoms with Crippen molar-refractivity contribution in [1.29, 1.82) is 0 Å². The first-order valence-electron chi connectivity index (χ1n) is 3.24. The summed E-state index contributed by atoms with van der Waals surface area (Å²) in [4.78, 5) is 22.7. The molecule has 0 saturated heterocycles. The van der Waals surface area contributed by atoms with Crippen molar-refractivity contribution >= 4 is 29.0 Å². The fourth-order valence-corrected chi connectivity index (χ4v) is 0.729. The molecule has 0 fully saturated rings. The van der Waals surface area contributed by atoms with E-state index in [0.717, 1.165) is 0 Å². The molecular weight excluding hydrogens is 178 g/mol. The maximum absolute atomic E-state index is 11.0. The number of carbonyl (C=O) groups is 2. The van der Waals surface area contributed by atoms with E-state index in [0.29, 0.717) is 0 Å². The molecule has 0 unspecified atom stereocenters. The van der Waals surface area contributed by atoms with Crippen molar-refractivity contribution < 1.29 is 9.59 Å². The van der Waals surface area contributed by atoms with Crippen LogP contribution in [0.4, 0.5) is 0 Å². The summed E-state index contributed by atoms with van der Waals surface area (Å²) in [6.07, 6.45) is -0.0287. The van der Waals surface area contributed by atoms with Gasteiger partial charge in [-0.2, -0.15) is 0 Å². The van der Waals surface area contributed by atoms with E-state index in [4.69, 9.17) is 11.5 Å². The highest BCUT2D eigenvalue weighted by molar-refractivity contribution is 7.80. The van der Waals surface area contributed by atoms with Gasteiger partial charge in [-0.25, -0.2) is 0 Å². The third-order valence-electron chi connectivity index (χ3n) is 1.14. The van der Waals surface area contributed by atoms with Crippen molar-refractivity contribution in [3.8, 4) is 0 Å². The average Bonchev–Trinajstić information content (AvgIpc) is 1.84. The standard InChI is InChI=1S/C6H11N3O2S/c1-9(3-4(7)10)6(11)2-5(8)12/h2-3H2,1H3,(H2,7,10)(H2,8,12). The fourth-order valence-electron chi connectivity index (χ4n) is 0.606. The number of primary amides is 1. The Hall–Kier alpha value is -1.17. The van der Waals surface area contributed by atoms with Gasteiger partial charge in [-0.3, -0.25) is 9.59 Å². The Kier molecular flexibility index (Phi) is 4.20. The Morgan fingerprint density at radius 3 is 2.25 bits per heavy atom. The molecule has 6 heteroatoms. The van der Waals surface area contributed by atoms with Crippen LogP contribution in [0.1, 0.15) is 6.42 Å². The van der Waals surface area contributed by atoms with Gasteiger partial charge in [0, 0.05) is 7.05 Å². The molecule has 0 heterocycles. The van der Waals surface area contributed by atoms with Gasteiger partial charge in [0.05, 0.1) is 18.0 Å². The van der Waals surface area contributed by atoms with Crippen LogP contribution in [0, 0.1) is 0 Å². The lowest BCUT2D eigenvalue weighted by Gasteiger charge is -2.13. The second-order valence-corrected chi connectivity index (χ2v) is 2.88. The van der Waals surface area contributed by atoms with Crippen molar-refractivity contribution in [2.24, 2.45) is 11.5 Å². The van der Waals surface area contributed by atoms with Gasteiger partial charge in [-0.05, 0) is 0 Å². The minimum Gasteiger partial charge on any atom is -0.393 e. The summed E-state index contributed by atoms with van der Waals surface area (Å²) in [5.41, 5.74) is 9.99. The maximum Gasteiger partial charge on any atom is 0.237 e. The summed E-state index contributed by atoms with van der Waals surface area (Å²) >= 11 is 4.52. The molecule has 68 valence electrons. The van der Waals surface area contributed by atoms with Gasteiger partial charge in [-0.15, -0.1) is 0 Å².